The molecule has 0 bridgehead atoms. The van der Waals surface area contributed by atoms with Gasteiger partial charge in [0, 0.05) is 5.56 Å². The Bertz CT molecular complexity index is 1190. The van der Waals surface area contributed by atoms with E-state index in [9.17, 15) is 13.2 Å². The molecule has 0 saturated carbocycles. The molecule has 0 N–H and O–H groups in total. The van der Waals surface area contributed by atoms with E-state index in [0.717, 1.165) is 0 Å². The Morgan fingerprint density at radius 2 is 1.12 bits per heavy atom. The standard InChI is InChI=1S/C22H17S2.CHF3O3S/c1-4-10-18(11-5-1)21-16-17-23-22(21)24(19-12-6-2-7-13-19)20-14-8-3-9-15-20;2-1(3,4)8(5,6)7/h1-17H;(H,5,6,7)/q+1;/p-1. The number of hydrogen-bond donors (Lipinski definition) is 0. The fraction of sp³-hybridized carbons (Fsp3) is 0.0435. The number of rotatable bonds is 4. The van der Waals surface area contributed by atoms with Gasteiger partial charge in [-0.2, -0.15) is 13.2 Å². The second kappa shape index (κ2) is 10.4. The summed E-state index contributed by atoms with van der Waals surface area (Å²) >= 11 is 1.85. The van der Waals surface area contributed by atoms with Crippen LogP contribution in [-0.4, -0.2) is 18.5 Å². The molecule has 0 aliphatic heterocycles. The average Bonchev–Trinajstić information content (AvgIpc) is 3.24. The zero-order chi connectivity index (χ0) is 23.2. The summed E-state index contributed by atoms with van der Waals surface area (Å²) in [7, 11) is -6.17. The van der Waals surface area contributed by atoms with Gasteiger partial charge in [0.25, 0.3) is 0 Å². The SMILES string of the molecule is O=S(=O)([O-])C(F)(F)F.c1ccc(-c2ccsc2[S+](c2ccccc2)c2ccccc2)cc1. The van der Waals surface area contributed by atoms with Crippen molar-refractivity contribution < 1.29 is 26.1 Å². The zero-order valence-electron chi connectivity index (χ0n) is 16.4. The third-order valence-electron chi connectivity index (χ3n) is 4.14. The fourth-order valence-electron chi connectivity index (χ4n) is 2.75. The van der Waals surface area contributed by atoms with Crippen molar-refractivity contribution in [3.8, 4) is 11.1 Å². The highest BCUT2D eigenvalue weighted by atomic mass is 32.2. The largest absolute Gasteiger partial charge is 0.741 e. The van der Waals surface area contributed by atoms with E-state index in [4.69, 9.17) is 13.0 Å². The highest BCUT2D eigenvalue weighted by Gasteiger charge is 2.37. The molecule has 3 nitrogen and oxygen atoms in total. The monoisotopic (exact) mass is 494 g/mol. The molecule has 9 heteroatoms. The van der Waals surface area contributed by atoms with Gasteiger partial charge in [0.05, 0.1) is 0 Å². The summed E-state index contributed by atoms with van der Waals surface area (Å²) in [5.74, 6) is 0. The maximum atomic E-state index is 10.7. The van der Waals surface area contributed by atoms with Gasteiger partial charge in [0.1, 0.15) is 10.9 Å². The minimum absolute atomic E-state index is 0.0770. The van der Waals surface area contributed by atoms with Crippen LogP contribution >= 0.6 is 11.3 Å². The van der Waals surface area contributed by atoms with Crippen molar-refractivity contribution >= 4 is 32.3 Å². The predicted molar refractivity (Wildman–Crippen MR) is 121 cm³/mol. The summed E-state index contributed by atoms with van der Waals surface area (Å²) in [5, 5.41) is 2.21. The van der Waals surface area contributed by atoms with Crippen molar-refractivity contribution in [1.82, 2.24) is 0 Å². The highest BCUT2D eigenvalue weighted by Crippen LogP contribution is 2.40. The van der Waals surface area contributed by atoms with Crippen molar-refractivity contribution in [3.63, 3.8) is 0 Å². The summed E-state index contributed by atoms with van der Waals surface area (Å²) in [4.78, 5) is 2.73. The maximum Gasteiger partial charge on any atom is 0.485 e. The summed E-state index contributed by atoms with van der Waals surface area (Å²) in [5.41, 5.74) is -3.01. The smallest absolute Gasteiger partial charge is 0.485 e. The lowest BCUT2D eigenvalue weighted by Gasteiger charge is -2.08. The Morgan fingerprint density at radius 3 is 1.53 bits per heavy atom. The van der Waals surface area contributed by atoms with Gasteiger partial charge >= 0.3 is 5.51 Å². The van der Waals surface area contributed by atoms with Crippen molar-refractivity contribution in [3.05, 3.63) is 102 Å². The van der Waals surface area contributed by atoms with Crippen molar-refractivity contribution in [2.75, 3.05) is 0 Å². The van der Waals surface area contributed by atoms with E-state index in [-0.39, 0.29) is 10.9 Å². The Labute approximate surface area is 191 Å². The molecule has 0 fully saturated rings. The van der Waals surface area contributed by atoms with Crippen LogP contribution in [0.4, 0.5) is 13.2 Å². The molecule has 32 heavy (non-hydrogen) atoms. The lowest BCUT2D eigenvalue weighted by Crippen LogP contribution is -2.21. The third kappa shape index (κ3) is 6.01. The molecule has 0 unspecified atom stereocenters. The van der Waals surface area contributed by atoms with E-state index in [0.29, 0.717) is 0 Å². The summed E-state index contributed by atoms with van der Waals surface area (Å²) in [6, 6.07) is 34.6. The first kappa shape index (κ1) is 24.1. The van der Waals surface area contributed by atoms with E-state index >= 15 is 0 Å². The molecule has 4 rings (SSSR count). The van der Waals surface area contributed by atoms with Crippen LogP contribution in [0.2, 0.25) is 0 Å². The molecule has 1 aromatic heterocycles. The third-order valence-corrected chi connectivity index (χ3v) is 8.28. The Morgan fingerprint density at radius 1 is 0.719 bits per heavy atom. The van der Waals surface area contributed by atoms with E-state index in [1.807, 2.05) is 11.3 Å². The minimum Gasteiger partial charge on any atom is -0.741 e. The summed E-state index contributed by atoms with van der Waals surface area (Å²) < 4.78 is 60.3. The first-order valence-electron chi connectivity index (χ1n) is 9.18. The van der Waals surface area contributed by atoms with Crippen molar-refractivity contribution in [2.45, 2.75) is 19.5 Å². The number of halogens is 3. The Kier molecular flexibility index (Phi) is 7.78. The molecular weight excluding hydrogens is 477 g/mol. The normalized spacial score (nSPS) is 11.7. The zero-order valence-corrected chi connectivity index (χ0v) is 18.8. The molecule has 0 atom stereocenters. The Balaban J connectivity index is 0.000000312. The minimum atomic E-state index is -6.09. The first-order chi connectivity index (χ1) is 15.2. The van der Waals surface area contributed by atoms with Crippen LogP contribution < -0.4 is 0 Å². The molecule has 166 valence electrons. The molecule has 1 heterocycles. The van der Waals surface area contributed by atoms with E-state index in [2.05, 4.69) is 102 Å². The molecule has 4 aromatic rings. The molecule has 0 radical (unpaired) electrons. The van der Waals surface area contributed by atoms with Gasteiger partial charge in [-0.3, -0.25) is 0 Å². The molecule has 0 amide bonds. The van der Waals surface area contributed by atoms with E-state index < -0.39 is 15.6 Å². The maximum absolute atomic E-state index is 10.7. The average molecular weight is 495 g/mol. The van der Waals surface area contributed by atoms with Crippen LogP contribution in [0.1, 0.15) is 0 Å². The molecular formula is C23H17F3O3S3. The van der Waals surface area contributed by atoms with Gasteiger partial charge in [0.15, 0.2) is 19.9 Å². The molecule has 0 aliphatic rings. The van der Waals surface area contributed by atoms with Gasteiger partial charge in [-0.15, -0.1) is 0 Å². The van der Waals surface area contributed by atoms with Gasteiger partial charge in [-0.05, 0) is 41.3 Å². The van der Waals surface area contributed by atoms with Gasteiger partial charge in [-0.1, -0.05) is 78.1 Å². The van der Waals surface area contributed by atoms with Crippen LogP contribution in [0, 0.1) is 0 Å². The second-order valence-electron chi connectivity index (χ2n) is 6.32. The van der Waals surface area contributed by atoms with Gasteiger partial charge in [-0.25, -0.2) is 8.42 Å². The summed E-state index contributed by atoms with van der Waals surface area (Å²) in [6.45, 7) is 0. The topological polar surface area (TPSA) is 57.2 Å². The molecule has 0 aliphatic carbocycles. The van der Waals surface area contributed by atoms with Gasteiger partial charge in [0.2, 0.25) is 4.21 Å². The molecule has 3 aromatic carbocycles. The summed E-state index contributed by atoms with van der Waals surface area (Å²) in [6.07, 6.45) is 0. The molecule has 0 saturated heterocycles. The van der Waals surface area contributed by atoms with Gasteiger partial charge < -0.3 is 4.55 Å². The number of benzene rings is 3. The highest BCUT2D eigenvalue weighted by molar-refractivity contribution is 7.99. The lowest BCUT2D eigenvalue weighted by atomic mass is 10.1. The van der Waals surface area contributed by atoms with E-state index in [1.54, 1.807) is 0 Å². The van der Waals surface area contributed by atoms with Crippen LogP contribution in [0.25, 0.3) is 11.1 Å². The number of thiophene rings is 1. The number of alkyl halides is 3. The van der Waals surface area contributed by atoms with Crippen LogP contribution in [0.15, 0.2) is 116 Å². The second-order valence-corrected chi connectivity index (χ2v) is 10.8. The predicted octanol–water partition coefficient (Wildman–Crippen LogP) is 6.56. The van der Waals surface area contributed by atoms with Crippen LogP contribution in [-0.2, 0) is 21.0 Å². The first-order valence-corrected chi connectivity index (χ1v) is 12.7. The quantitative estimate of drug-likeness (QED) is 0.183. The Hall–Kier alpha value is -2.59. The van der Waals surface area contributed by atoms with E-state index in [1.165, 1.54) is 25.1 Å². The molecule has 0 spiro atoms. The van der Waals surface area contributed by atoms with Crippen molar-refractivity contribution in [2.24, 2.45) is 0 Å². The van der Waals surface area contributed by atoms with Crippen molar-refractivity contribution in [1.29, 1.82) is 0 Å². The number of hydrogen-bond acceptors (Lipinski definition) is 4. The fourth-order valence-corrected chi connectivity index (χ4v) is 6.48. The lowest BCUT2D eigenvalue weighted by molar-refractivity contribution is -0.0517. The van der Waals surface area contributed by atoms with Crippen LogP contribution in [0.3, 0.4) is 0 Å². The van der Waals surface area contributed by atoms with Crippen LogP contribution in [0.5, 0.6) is 0 Å².